The van der Waals surface area contributed by atoms with Crippen molar-refractivity contribution in [1.29, 1.82) is 0 Å². The van der Waals surface area contributed by atoms with E-state index in [9.17, 15) is 9.59 Å². The number of oxime groups is 2. The first-order valence-electron chi connectivity index (χ1n) is 3.52. The normalized spacial score (nSPS) is 12.2. The molecule has 6 nitrogen and oxygen atoms in total. The molecule has 0 radical (unpaired) electrons. The Labute approximate surface area is 110 Å². The van der Waals surface area contributed by atoms with Crippen molar-refractivity contribution in [2.75, 3.05) is 11.8 Å². The molecular formula is C6H4Cl4N2O4. The Balaban J connectivity index is 5.29. The molecule has 0 aromatic carbocycles. The fourth-order valence-corrected chi connectivity index (χ4v) is 1.04. The lowest BCUT2D eigenvalue weighted by molar-refractivity contribution is -0.112. The maximum atomic E-state index is 11.3. The third-order valence-electron chi connectivity index (χ3n) is 1.25. The van der Waals surface area contributed by atoms with E-state index in [0.717, 1.165) is 0 Å². The number of rotatable bonds is 7. The highest BCUT2D eigenvalue weighted by molar-refractivity contribution is 6.83. The molecular weight excluding hydrogens is 306 g/mol. The van der Waals surface area contributed by atoms with E-state index in [1.54, 1.807) is 0 Å². The van der Waals surface area contributed by atoms with Crippen LogP contribution in [0.15, 0.2) is 10.3 Å². The highest BCUT2D eigenvalue weighted by Crippen LogP contribution is 1.99. The summed E-state index contributed by atoms with van der Waals surface area (Å²) in [4.78, 5) is 22.5. The lowest BCUT2D eigenvalue weighted by Gasteiger charge is -2.01. The van der Waals surface area contributed by atoms with Crippen molar-refractivity contribution in [1.82, 2.24) is 0 Å². The van der Waals surface area contributed by atoms with Crippen LogP contribution in [0.2, 0.25) is 0 Å². The van der Waals surface area contributed by atoms with Gasteiger partial charge < -0.3 is 0 Å². The standard InChI is InChI=1S/C6H4Cl4N2O4/c7-1-3(13)5(11-15-9)6(12-16-10)4(14)2-8/h1-2H2/b11-5-,12-6-. The first kappa shape index (κ1) is 15.4. The second-order valence-electron chi connectivity index (χ2n) is 2.13. The molecule has 0 amide bonds. The zero-order valence-electron chi connectivity index (χ0n) is 7.45. The second kappa shape index (κ2) is 8.58. The summed E-state index contributed by atoms with van der Waals surface area (Å²) >= 11 is 20.2. The van der Waals surface area contributed by atoms with E-state index in [0.29, 0.717) is 0 Å². The van der Waals surface area contributed by atoms with E-state index in [1.807, 2.05) is 0 Å². The lowest BCUT2D eigenvalue weighted by Crippen LogP contribution is -2.32. The molecule has 0 bridgehead atoms. The summed E-state index contributed by atoms with van der Waals surface area (Å²) in [6.07, 6.45) is 0. The van der Waals surface area contributed by atoms with Gasteiger partial charge in [0.05, 0.1) is 11.8 Å². The van der Waals surface area contributed by atoms with Crippen molar-refractivity contribution >= 4 is 69.9 Å². The minimum absolute atomic E-state index is 0.462. The lowest BCUT2D eigenvalue weighted by atomic mass is 10.1. The Hall–Kier alpha value is -0.560. The number of nitrogens with zero attached hydrogens (tertiary/aromatic N) is 2. The van der Waals surface area contributed by atoms with Crippen LogP contribution in [-0.4, -0.2) is 34.7 Å². The Kier molecular flexibility index (Phi) is 8.28. The summed E-state index contributed by atoms with van der Waals surface area (Å²) in [6.45, 7) is 0. The number of ketones is 2. The number of carbonyl (C=O) groups is 2. The van der Waals surface area contributed by atoms with Gasteiger partial charge in [0, 0.05) is 0 Å². The molecule has 10 heteroatoms. The van der Waals surface area contributed by atoms with Gasteiger partial charge in [0.15, 0.2) is 35.2 Å². The van der Waals surface area contributed by atoms with Crippen LogP contribution in [0.1, 0.15) is 0 Å². The van der Waals surface area contributed by atoms with Crippen LogP contribution in [0.4, 0.5) is 0 Å². The van der Waals surface area contributed by atoms with Crippen LogP contribution in [0.5, 0.6) is 0 Å². The van der Waals surface area contributed by atoms with E-state index in [2.05, 4.69) is 19.1 Å². The first-order chi connectivity index (χ1) is 7.62. The number of halogens is 4. The van der Waals surface area contributed by atoms with Gasteiger partial charge in [-0.25, -0.2) is 0 Å². The van der Waals surface area contributed by atoms with Gasteiger partial charge in [-0.3, -0.25) is 18.4 Å². The Morgan fingerprint density at radius 2 is 1.19 bits per heavy atom. The SMILES string of the molecule is O=C(CCl)C(=N/OCl)/C(=N\OCl)C(=O)CCl. The molecule has 0 fully saturated rings. The third-order valence-corrected chi connectivity index (χ3v) is 1.87. The molecule has 0 aromatic rings. The fourth-order valence-electron chi connectivity index (χ4n) is 0.648. The number of hydrogen-bond acceptors (Lipinski definition) is 6. The molecule has 0 N–H and O–H groups in total. The highest BCUT2D eigenvalue weighted by Gasteiger charge is 2.25. The zero-order valence-corrected chi connectivity index (χ0v) is 10.5. The Morgan fingerprint density at radius 3 is 1.38 bits per heavy atom. The largest absolute Gasteiger partial charge is 0.291 e. The summed E-state index contributed by atoms with van der Waals surface area (Å²) in [6, 6.07) is 0. The molecule has 0 unspecified atom stereocenters. The smallest absolute Gasteiger partial charge is 0.201 e. The summed E-state index contributed by atoms with van der Waals surface area (Å²) in [5.41, 5.74) is -1.06. The van der Waals surface area contributed by atoms with Crippen LogP contribution >= 0.6 is 46.9 Å². The molecule has 0 aliphatic rings. The quantitative estimate of drug-likeness (QED) is 0.407. The van der Waals surface area contributed by atoms with E-state index in [-0.39, 0.29) is 0 Å². The molecule has 0 rings (SSSR count). The summed E-state index contributed by atoms with van der Waals surface area (Å²) < 4.78 is 7.71. The monoisotopic (exact) mass is 308 g/mol. The van der Waals surface area contributed by atoms with Gasteiger partial charge in [-0.1, -0.05) is 10.3 Å². The highest BCUT2D eigenvalue weighted by atomic mass is 35.5. The van der Waals surface area contributed by atoms with E-state index in [1.165, 1.54) is 0 Å². The van der Waals surface area contributed by atoms with Crippen LogP contribution in [0.25, 0.3) is 0 Å². The predicted molar refractivity (Wildman–Crippen MR) is 60.2 cm³/mol. The van der Waals surface area contributed by atoms with Gasteiger partial charge in [-0.2, -0.15) is 0 Å². The van der Waals surface area contributed by atoms with Gasteiger partial charge >= 0.3 is 0 Å². The zero-order chi connectivity index (χ0) is 12.6. The van der Waals surface area contributed by atoms with Crippen LogP contribution < -0.4 is 0 Å². The molecule has 0 aromatic heterocycles. The van der Waals surface area contributed by atoms with Crippen molar-refractivity contribution in [3.8, 4) is 0 Å². The first-order valence-corrected chi connectivity index (χ1v) is 5.21. The van der Waals surface area contributed by atoms with Crippen LogP contribution in [-0.2, 0) is 18.4 Å². The van der Waals surface area contributed by atoms with Crippen molar-refractivity contribution in [3.63, 3.8) is 0 Å². The van der Waals surface area contributed by atoms with Gasteiger partial charge in [0.1, 0.15) is 0 Å². The third kappa shape index (κ3) is 4.52. The van der Waals surface area contributed by atoms with Gasteiger partial charge in [-0.15, -0.1) is 23.2 Å². The summed E-state index contributed by atoms with van der Waals surface area (Å²) in [7, 11) is 0. The second-order valence-corrected chi connectivity index (χ2v) is 2.94. The van der Waals surface area contributed by atoms with Crippen molar-refractivity contribution in [2.24, 2.45) is 10.3 Å². The fraction of sp³-hybridized carbons (Fsp3) is 0.333. The number of alkyl halides is 2. The molecule has 0 saturated heterocycles. The van der Waals surface area contributed by atoms with E-state index >= 15 is 0 Å². The van der Waals surface area contributed by atoms with Gasteiger partial charge in [0.25, 0.3) is 0 Å². The Morgan fingerprint density at radius 1 is 0.875 bits per heavy atom. The molecule has 0 spiro atoms. The molecule has 0 heterocycles. The molecule has 0 aliphatic carbocycles. The van der Waals surface area contributed by atoms with Crippen molar-refractivity contribution < 1.29 is 18.4 Å². The maximum Gasteiger partial charge on any atom is 0.201 e. The van der Waals surface area contributed by atoms with Crippen molar-refractivity contribution in [2.45, 2.75) is 0 Å². The van der Waals surface area contributed by atoms with Gasteiger partial charge in [-0.05, 0) is 0 Å². The van der Waals surface area contributed by atoms with Crippen LogP contribution in [0, 0.1) is 0 Å². The molecule has 0 aliphatic heterocycles. The molecule has 0 saturated carbocycles. The topological polar surface area (TPSA) is 77.3 Å². The average Bonchev–Trinajstić information content (AvgIpc) is 2.31. The number of carbonyl (C=O) groups excluding carboxylic acids is 2. The van der Waals surface area contributed by atoms with E-state index in [4.69, 9.17) is 46.9 Å². The van der Waals surface area contributed by atoms with Crippen LogP contribution in [0.3, 0.4) is 0 Å². The molecule has 16 heavy (non-hydrogen) atoms. The Bertz CT molecular complexity index is 298. The molecule has 90 valence electrons. The average molecular weight is 310 g/mol. The summed E-state index contributed by atoms with van der Waals surface area (Å²) in [5.74, 6) is -2.44. The minimum atomic E-state index is -0.756. The summed E-state index contributed by atoms with van der Waals surface area (Å²) in [5, 5.41) is 6.16. The van der Waals surface area contributed by atoms with Gasteiger partial charge in [0.2, 0.25) is 11.6 Å². The number of Topliss-reactive ketones (excluding diaryl/α,β-unsaturated/α-hetero) is 2. The van der Waals surface area contributed by atoms with Crippen molar-refractivity contribution in [3.05, 3.63) is 0 Å². The maximum absolute atomic E-state index is 11.3. The number of hydrogen-bond donors (Lipinski definition) is 0. The minimum Gasteiger partial charge on any atom is -0.291 e. The van der Waals surface area contributed by atoms with E-state index < -0.39 is 34.7 Å². The molecule has 0 atom stereocenters. The predicted octanol–water partition coefficient (Wildman–Crippen LogP) is 1.65.